The van der Waals surface area contributed by atoms with Crippen LogP contribution in [0.4, 0.5) is 10.5 Å². The summed E-state index contributed by atoms with van der Waals surface area (Å²) in [6.07, 6.45) is 2.25. The van der Waals surface area contributed by atoms with Gasteiger partial charge in [0, 0.05) is 36.5 Å². The summed E-state index contributed by atoms with van der Waals surface area (Å²) in [5.41, 5.74) is 4.34. The second-order valence-electron chi connectivity index (χ2n) is 6.98. The van der Waals surface area contributed by atoms with Gasteiger partial charge in [-0.1, -0.05) is 42.5 Å². The molecule has 0 aliphatic heterocycles. The third-order valence-corrected chi connectivity index (χ3v) is 5.00. The van der Waals surface area contributed by atoms with Crippen LogP contribution in [0.1, 0.15) is 29.3 Å². The molecule has 0 fully saturated rings. The van der Waals surface area contributed by atoms with Gasteiger partial charge in [0.1, 0.15) is 0 Å². The Hall–Kier alpha value is -3.67. The first kappa shape index (κ1) is 22.0. The molecule has 0 unspecified atom stereocenters. The average Bonchev–Trinajstić information content (AvgIpc) is 2.82. The van der Waals surface area contributed by atoms with Crippen LogP contribution in [-0.4, -0.2) is 37.6 Å². The highest BCUT2D eigenvalue weighted by Crippen LogP contribution is 2.24. The molecule has 3 rings (SSSR count). The van der Waals surface area contributed by atoms with Crippen molar-refractivity contribution >= 4 is 17.6 Å². The van der Waals surface area contributed by atoms with Gasteiger partial charge >= 0.3 is 6.09 Å². The van der Waals surface area contributed by atoms with Gasteiger partial charge in [0.05, 0.1) is 13.7 Å². The predicted molar refractivity (Wildman–Crippen MR) is 121 cm³/mol. The van der Waals surface area contributed by atoms with E-state index in [1.807, 2.05) is 60.7 Å². The van der Waals surface area contributed by atoms with Gasteiger partial charge in [-0.05, 0) is 42.7 Å². The Labute approximate surface area is 182 Å². The van der Waals surface area contributed by atoms with Crippen molar-refractivity contribution in [3.05, 3.63) is 78.0 Å². The molecular formula is C25H26N2O4. The fourth-order valence-corrected chi connectivity index (χ4v) is 3.24. The molecule has 0 bridgehead atoms. The van der Waals surface area contributed by atoms with Gasteiger partial charge in [-0.15, -0.1) is 0 Å². The third kappa shape index (κ3) is 5.48. The van der Waals surface area contributed by atoms with Crippen molar-refractivity contribution in [2.45, 2.75) is 19.8 Å². The Morgan fingerprint density at radius 1 is 0.968 bits per heavy atom. The number of rotatable bonds is 8. The minimum absolute atomic E-state index is 0.0730. The standard InChI is InChI=1S/C25H26N2O4/c1-4-31-25(29)27(2)22-14-11-19(12-15-22)18-7-9-20(10-8-18)23(28)16-13-21-6-5-17-26-24(21)30-3/h5-12,14-15,17H,4,13,16H2,1-3H3. The van der Waals surface area contributed by atoms with Crippen LogP contribution in [0.2, 0.25) is 0 Å². The van der Waals surface area contributed by atoms with Crippen molar-refractivity contribution in [2.24, 2.45) is 0 Å². The van der Waals surface area contributed by atoms with Crippen LogP contribution in [0.25, 0.3) is 11.1 Å². The van der Waals surface area contributed by atoms with Crippen molar-refractivity contribution in [2.75, 3.05) is 25.7 Å². The number of ketones is 1. The van der Waals surface area contributed by atoms with E-state index >= 15 is 0 Å². The number of anilines is 1. The first-order valence-electron chi connectivity index (χ1n) is 10.2. The molecule has 0 aliphatic rings. The highest BCUT2D eigenvalue weighted by molar-refractivity contribution is 5.96. The Morgan fingerprint density at radius 3 is 2.23 bits per heavy atom. The number of benzene rings is 2. The lowest BCUT2D eigenvalue weighted by molar-refractivity contribution is 0.0982. The molecule has 0 N–H and O–H groups in total. The number of methoxy groups -OCH3 is 1. The number of carbonyl (C=O) groups excluding carboxylic acids is 2. The summed E-state index contributed by atoms with van der Waals surface area (Å²) in [6, 6.07) is 18.9. The molecule has 6 heteroatoms. The van der Waals surface area contributed by atoms with Crippen LogP contribution in [0, 0.1) is 0 Å². The summed E-state index contributed by atoms with van der Waals surface area (Å²) in [6.45, 7) is 2.11. The SMILES string of the molecule is CCOC(=O)N(C)c1ccc(-c2ccc(C(=O)CCc3cccnc3OC)cc2)cc1. The molecule has 2 aromatic carbocycles. The van der Waals surface area contributed by atoms with Crippen molar-refractivity contribution < 1.29 is 19.1 Å². The van der Waals surface area contributed by atoms with E-state index in [4.69, 9.17) is 9.47 Å². The number of hydrogen-bond donors (Lipinski definition) is 0. The Bertz CT molecular complexity index is 1030. The summed E-state index contributed by atoms with van der Waals surface area (Å²) in [7, 11) is 3.25. The van der Waals surface area contributed by atoms with Gasteiger partial charge in [0.25, 0.3) is 0 Å². The zero-order chi connectivity index (χ0) is 22.2. The molecule has 0 radical (unpaired) electrons. The number of Topliss-reactive ketones (excluding diaryl/α,β-unsaturated/α-hetero) is 1. The fourth-order valence-electron chi connectivity index (χ4n) is 3.24. The van der Waals surface area contributed by atoms with Crippen molar-refractivity contribution in [3.8, 4) is 17.0 Å². The molecule has 6 nitrogen and oxygen atoms in total. The zero-order valence-electron chi connectivity index (χ0n) is 18.0. The lowest BCUT2D eigenvalue weighted by Gasteiger charge is -2.16. The number of aryl methyl sites for hydroxylation is 1. The molecule has 1 heterocycles. The Balaban J connectivity index is 1.64. The van der Waals surface area contributed by atoms with Gasteiger partial charge in [-0.25, -0.2) is 9.78 Å². The fraction of sp³-hybridized carbons (Fsp3) is 0.240. The minimum atomic E-state index is -0.387. The predicted octanol–water partition coefficient (Wildman–Crippen LogP) is 5.17. The second-order valence-corrected chi connectivity index (χ2v) is 6.98. The van der Waals surface area contributed by atoms with E-state index in [1.165, 1.54) is 4.90 Å². The maximum Gasteiger partial charge on any atom is 0.413 e. The van der Waals surface area contributed by atoms with Gasteiger partial charge in [-0.2, -0.15) is 0 Å². The van der Waals surface area contributed by atoms with E-state index in [2.05, 4.69) is 4.98 Å². The van der Waals surface area contributed by atoms with E-state index in [0.717, 1.165) is 22.4 Å². The summed E-state index contributed by atoms with van der Waals surface area (Å²) in [5, 5.41) is 0. The molecule has 0 aliphatic carbocycles. The molecule has 31 heavy (non-hydrogen) atoms. The van der Waals surface area contributed by atoms with Gasteiger partial charge in [0.2, 0.25) is 5.88 Å². The molecular weight excluding hydrogens is 392 g/mol. The first-order valence-corrected chi connectivity index (χ1v) is 10.2. The van der Waals surface area contributed by atoms with Crippen molar-refractivity contribution in [3.63, 3.8) is 0 Å². The smallest absolute Gasteiger partial charge is 0.413 e. The normalized spacial score (nSPS) is 10.4. The van der Waals surface area contributed by atoms with E-state index in [9.17, 15) is 9.59 Å². The number of hydrogen-bond acceptors (Lipinski definition) is 5. The molecule has 1 amide bonds. The molecule has 3 aromatic rings. The van der Waals surface area contributed by atoms with E-state index in [1.54, 1.807) is 27.3 Å². The van der Waals surface area contributed by atoms with Gasteiger partial charge < -0.3 is 9.47 Å². The average molecular weight is 418 g/mol. The lowest BCUT2D eigenvalue weighted by Crippen LogP contribution is -2.26. The van der Waals surface area contributed by atoms with E-state index < -0.39 is 0 Å². The Kier molecular flexibility index (Phi) is 7.38. The zero-order valence-corrected chi connectivity index (χ0v) is 18.0. The van der Waals surface area contributed by atoms with Crippen LogP contribution in [-0.2, 0) is 11.2 Å². The second kappa shape index (κ2) is 10.4. The van der Waals surface area contributed by atoms with Crippen LogP contribution in [0.15, 0.2) is 66.9 Å². The highest BCUT2D eigenvalue weighted by Gasteiger charge is 2.12. The molecule has 0 spiro atoms. The summed E-state index contributed by atoms with van der Waals surface area (Å²) < 4.78 is 10.3. The van der Waals surface area contributed by atoms with Gasteiger partial charge in [-0.3, -0.25) is 9.69 Å². The maximum absolute atomic E-state index is 12.6. The summed E-state index contributed by atoms with van der Waals surface area (Å²) >= 11 is 0. The van der Waals surface area contributed by atoms with E-state index in [0.29, 0.717) is 30.9 Å². The maximum atomic E-state index is 12.6. The molecule has 1 aromatic heterocycles. The molecule has 160 valence electrons. The van der Waals surface area contributed by atoms with Crippen LogP contribution >= 0.6 is 0 Å². The summed E-state index contributed by atoms with van der Waals surface area (Å²) in [4.78, 5) is 30.1. The number of pyridine rings is 1. The topological polar surface area (TPSA) is 68.7 Å². The first-order chi connectivity index (χ1) is 15.0. The molecule has 0 saturated carbocycles. The van der Waals surface area contributed by atoms with E-state index in [-0.39, 0.29) is 11.9 Å². The highest BCUT2D eigenvalue weighted by atomic mass is 16.6. The third-order valence-electron chi connectivity index (χ3n) is 5.00. The monoisotopic (exact) mass is 418 g/mol. The molecule has 0 atom stereocenters. The lowest BCUT2D eigenvalue weighted by atomic mass is 9.99. The Morgan fingerprint density at radius 2 is 1.61 bits per heavy atom. The molecule has 0 saturated heterocycles. The van der Waals surface area contributed by atoms with Gasteiger partial charge in [0.15, 0.2) is 5.78 Å². The van der Waals surface area contributed by atoms with Crippen LogP contribution in [0.5, 0.6) is 5.88 Å². The van der Waals surface area contributed by atoms with Crippen LogP contribution in [0.3, 0.4) is 0 Å². The number of amides is 1. The van der Waals surface area contributed by atoms with Crippen molar-refractivity contribution in [1.82, 2.24) is 4.98 Å². The largest absolute Gasteiger partial charge is 0.481 e. The van der Waals surface area contributed by atoms with Crippen LogP contribution < -0.4 is 9.64 Å². The summed E-state index contributed by atoms with van der Waals surface area (Å²) in [5.74, 6) is 0.631. The minimum Gasteiger partial charge on any atom is -0.481 e. The quantitative estimate of drug-likeness (QED) is 0.472. The number of nitrogens with zero attached hydrogens (tertiary/aromatic N) is 2. The number of aromatic nitrogens is 1. The van der Waals surface area contributed by atoms with Crippen molar-refractivity contribution in [1.29, 1.82) is 0 Å². The number of ether oxygens (including phenoxy) is 2. The number of carbonyl (C=O) groups is 2.